The molecule has 0 aliphatic heterocycles. The predicted octanol–water partition coefficient (Wildman–Crippen LogP) is 2.37. The molecule has 1 amide bonds. The van der Waals surface area contributed by atoms with Crippen LogP contribution in [0.3, 0.4) is 0 Å². The van der Waals surface area contributed by atoms with Crippen molar-refractivity contribution in [3.63, 3.8) is 0 Å². The van der Waals surface area contributed by atoms with E-state index in [0.717, 1.165) is 30.2 Å². The number of guanidine groups is 1. The molecule has 1 aromatic rings. The first-order chi connectivity index (χ1) is 11.6. The Labute approximate surface area is 145 Å². The summed E-state index contributed by atoms with van der Waals surface area (Å²) < 4.78 is 5.03. The molecule has 1 aromatic carbocycles. The molecule has 6 heteroatoms. The number of aliphatic imine (C=N–C) groups is 1. The summed E-state index contributed by atoms with van der Waals surface area (Å²) in [4.78, 5) is 16.5. The number of amides is 1. The highest BCUT2D eigenvalue weighted by Gasteiger charge is 2.10. The Hall–Kier alpha value is -2.08. The van der Waals surface area contributed by atoms with Gasteiger partial charge in [-0.3, -0.25) is 4.79 Å². The molecule has 0 heterocycles. The van der Waals surface area contributed by atoms with E-state index in [0.29, 0.717) is 19.7 Å². The van der Waals surface area contributed by atoms with Gasteiger partial charge in [-0.25, -0.2) is 4.99 Å². The van der Waals surface area contributed by atoms with E-state index in [-0.39, 0.29) is 11.8 Å². The van der Waals surface area contributed by atoms with Crippen LogP contribution in [0.5, 0.6) is 0 Å². The average Bonchev–Trinajstić information content (AvgIpc) is 2.59. The summed E-state index contributed by atoms with van der Waals surface area (Å²) in [6.45, 7) is 8.62. The quantitative estimate of drug-likeness (QED) is 0.368. The molecule has 0 radical (unpaired) electrons. The minimum absolute atomic E-state index is 0.0111. The number of anilines is 1. The van der Waals surface area contributed by atoms with Gasteiger partial charge in [0.25, 0.3) is 0 Å². The second-order valence-corrected chi connectivity index (χ2v) is 5.61. The van der Waals surface area contributed by atoms with E-state index in [1.165, 1.54) is 0 Å². The van der Waals surface area contributed by atoms with Gasteiger partial charge >= 0.3 is 0 Å². The van der Waals surface area contributed by atoms with E-state index in [2.05, 4.69) is 20.9 Å². The van der Waals surface area contributed by atoms with Crippen molar-refractivity contribution in [1.29, 1.82) is 0 Å². The minimum atomic E-state index is 0.0111. The molecule has 0 saturated carbocycles. The Morgan fingerprint density at radius 2 is 2.08 bits per heavy atom. The zero-order chi connectivity index (χ0) is 17.8. The van der Waals surface area contributed by atoms with E-state index in [9.17, 15) is 4.79 Å². The Balaban J connectivity index is 2.67. The summed E-state index contributed by atoms with van der Waals surface area (Å²) in [5.41, 5.74) is 1.85. The lowest BCUT2D eigenvalue weighted by molar-refractivity contribution is -0.119. The molecule has 134 valence electrons. The van der Waals surface area contributed by atoms with Gasteiger partial charge in [-0.05, 0) is 31.0 Å². The fraction of sp³-hybridized carbons (Fsp3) is 0.556. The van der Waals surface area contributed by atoms with Crippen LogP contribution in [0.25, 0.3) is 0 Å². The van der Waals surface area contributed by atoms with E-state index in [1.54, 1.807) is 7.11 Å². The van der Waals surface area contributed by atoms with Crippen LogP contribution in [0, 0.1) is 5.92 Å². The van der Waals surface area contributed by atoms with Gasteiger partial charge in [0.1, 0.15) is 0 Å². The third-order valence-electron chi connectivity index (χ3n) is 3.62. The van der Waals surface area contributed by atoms with Crippen LogP contribution in [0.1, 0.15) is 32.8 Å². The lowest BCUT2D eigenvalue weighted by Crippen LogP contribution is -2.38. The largest absolute Gasteiger partial charge is 0.383 e. The number of benzene rings is 1. The summed E-state index contributed by atoms with van der Waals surface area (Å²) >= 11 is 0. The molecular weight excluding hydrogens is 304 g/mol. The average molecular weight is 334 g/mol. The molecule has 0 fully saturated rings. The van der Waals surface area contributed by atoms with Gasteiger partial charge in [0.05, 0.1) is 13.2 Å². The van der Waals surface area contributed by atoms with Gasteiger partial charge in [0, 0.05) is 31.8 Å². The van der Waals surface area contributed by atoms with Crippen molar-refractivity contribution >= 4 is 17.6 Å². The van der Waals surface area contributed by atoms with Crippen molar-refractivity contribution in [2.45, 2.75) is 33.7 Å². The first-order valence-electron chi connectivity index (χ1n) is 8.51. The van der Waals surface area contributed by atoms with Crippen molar-refractivity contribution in [1.82, 2.24) is 10.6 Å². The first-order valence-corrected chi connectivity index (χ1v) is 8.51. The van der Waals surface area contributed by atoms with Gasteiger partial charge in [-0.15, -0.1) is 0 Å². The number of nitrogens with one attached hydrogen (secondary N) is 3. The van der Waals surface area contributed by atoms with Gasteiger partial charge in [-0.1, -0.05) is 26.0 Å². The Morgan fingerprint density at radius 1 is 1.29 bits per heavy atom. The molecule has 0 aliphatic carbocycles. The SMILES string of the molecule is CCNC(=NCc1cccc(NC(=O)C(C)CC)c1)NCCOC. The normalized spacial score (nSPS) is 12.6. The third kappa shape index (κ3) is 7.46. The zero-order valence-electron chi connectivity index (χ0n) is 15.2. The number of rotatable bonds is 9. The molecule has 0 aliphatic rings. The number of methoxy groups -OCH3 is 1. The van der Waals surface area contributed by atoms with Crippen LogP contribution >= 0.6 is 0 Å². The molecule has 0 aromatic heterocycles. The van der Waals surface area contributed by atoms with Crippen LogP contribution in [-0.2, 0) is 16.1 Å². The first kappa shape index (κ1) is 20.0. The fourth-order valence-corrected chi connectivity index (χ4v) is 1.98. The predicted molar refractivity (Wildman–Crippen MR) is 99.2 cm³/mol. The lowest BCUT2D eigenvalue weighted by atomic mass is 10.1. The van der Waals surface area contributed by atoms with Crippen LogP contribution in [0.15, 0.2) is 29.3 Å². The van der Waals surface area contributed by atoms with E-state index < -0.39 is 0 Å². The maximum absolute atomic E-state index is 12.0. The van der Waals surface area contributed by atoms with E-state index in [4.69, 9.17) is 4.74 Å². The molecule has 0 saturated heterocycles. The molecule has 1 rings (SSSR count). The molecule has 3 N–H and O–H groups in total. The van der Waals surface area contributed by atoms with Gasteiger partial charge in [0.2, 0.25) is 5.91 Å². The Morgan fingerprint density at radius 3 is 2.75 bits per heavy atom. The number of hydrogen-bond donors (Lipinski definition) is 3. The molecule has 1 atom stereocenters. The number of ether oxygens (including phenoxy) is 1. The second-order valence-electron chi connectivity index (χ2n) is 5.61. The fourth-order valence-electron chi connectivity index (χ4n) is 1.98. The summed E-state index contributed by atoms with van der Waals surface area (Å²) in [6, 6.07) is 7.79. The Kier molecular flexibility index (Phi) is 9.53. The monoisotopic (exact) mass is 334 g/mol. The highest BCUT2D eigenvalue weighted by molar-refractivity contribution is 5.92. The van der Waals surface area contributed by atoms with Crippen molar-refractivity contribution in [2.75, 3.05) is 32.1 Å². The molecular formula is C18H30N4O2. The summed E-state index contributed by atoms with van der Waals surface area (Å²) in [7, 11) is 1.67. The highest BCUT2D eigenvalue weighted by atomic mass is 16.5. The molecule has 6 nitrogen and oxygen atoms in total. The number of hydrogen-bond acceptors (Lipinski definition) is 3. The number of carbonyl (C=O) groups excluding carboxylic acids is 1. The topological polar surface area (TPSA) is 74.8 Å². The van der Waals surface area contributed by atoms with E-state index in [1.807, 2.05) is 45.0 Å². The lowest BCUT2D eigenvalue weighted by Gasteiger charge is -2.12. The van der Waals surface area contributed by atoms with Crippen molar-refractivity contribution in [2.24, 2.45) is 10.9 Å². The summed E-state index contributed by atoms with van der Waals surface area (Å²) in [5.74, 6) is 0.813. The third-order valence-corrected chi connectivity index (χ3v) is 3.62. The highest BCUT2D eigenvalue weighted by Crippen LogP contribution is 2.13. The maximum atomic E-state index is 12.0. The number of nitrogens with zero attached hydrogens (tertiary/aromatic N) is 1. The molecule has 0 bridgehead atoms. The van der Waals surface area contributed by atoms with Crippen LogP contribution in [0.4, 0.5) is 5.69 Å². The number of carbonyl (C=O) groups is 1. The van der Waals surface area contributed by atoms with Gasteiger partial charge < -0.3 is 20.7 Å². The van der Waals surface area contributed by atoms with Crippen molar-refractivity contribution in [3.05, 3.63) is 29.8 Å². The zero-order valence-corrected chi connectivity index (χ0v) is 15.2. The second kappa shape index (κ2) is 11.5. The van der Waals surface area contributed by atoms with Crippen molar-refractivity contribution in [3.8, 4) is 0 Å². The molecule has 1 unspecified atom stereocenters. The minimum Gasteiger partial charge on any atom is -0.383 e. The Bertz CT molecular complexity index is 532. The summed E-state index contributed by atoms with van der Waals surface area (Å²) in [6.07, 6.45) is 0.828. The van der Waals surface area contributed by atoms with Crippen molar-refractivity contribution < 1.29 is 9.53 Å². The van der Waals surface area contributed by atoms with Gasteiger partial charge in [-0.2, -0.15) is 0 Å². The van der Waals surface area contributed by atoms with E-state index >= 15 is 0 Å². The van der Waals surface area contributed by atoms with Crippen LogP contribution < -0.4 is 16.0 Å². The molecule has 24 heavy (non-hydrogen) atoms. The molecule has 0 spiro atoms. The van der Waals surface area contributed by atoms with Crippen LogP contribution in [0.2, 0.25) is 0 Å². The smallest absolute Gasteiger partial charge is 0.227 e. The standard InChI is InChI=1S/C18H30N4O2/c1-5-14(3)17(23)22-16-9-7-8-15(12-16)13-21-18(19-6-2)20-10-11-24-4/h7-9,12,14H,5-6,10-11,13H2,1-4H3,(H,22,23)(H2,19,20,21). The van der Waals surface area contributed by atoms with Crippen LogP contribution in [-0.4, -0.2) is 38.7 Å². The van der Waals surface area contributed by atoms with Gasteiger partial charge in [0.15, 0.2) is 5.96 Å². The summed E-state index contributed by atoms with van der Waals surface area (Å²) in [5, 5.41) is 9.35. The maximum Gasteiger partial charge on any atom is 0.227 e.